The molecular weight excluding hydrogens is 326 g/mol. The van der Waals surface area contributed by atoms with Crippen LogP contribution in [0.2, 0.25) is 5.02 Å². The van der Waals surface area contributed by atoms with Gasteiger partial charge >= 0.3 is 0 Å². The zero-order valence-corrected chi connectivity index (χ0v) is 14.2. The molecule has 0 radical (unpaired) electrons. The minimum Gasteiger partial charge on any atom is -0.493 e. The number of aryl methyl sites for hydroxylation is 1. The van der Waals surface area contributed by atoms with Gasteiger partial charge in [0.2, 0.25) is 5.91 Å². The van der Waals surface area contributed by atoms with Crippen LogP contribution in [0.4, 0.5) is 5.69 Å². The van der Waals surface area contributed by atoms with Crippen molar-refractivity contribution >= 4 is 23.2 Å². The first-order valence-corrected chi connectivity index (χ1v) is 8.49. The first-order valence-electron chi connectivity index (χ1n) is 8.11. The SMILES string of the molecule is Cc1ccc(Cl)cc1NC(=O)Cc1c2c(cc3c1OCC3)OCC2. The Morgan fingerprint density at radius 3 is 2.92 bits per heavy atom. The van der Waals surface area contributed by atoms with Crippen LogP contribution in [-0.4, -0.2) is 19.1 Å². The van der Waals surface area contributed by atoms with Crippen molar-refractivity contribution in [3.05, 3.63) is 51.5 Å². The smallest absolute Gasteiger partial charge is 0.228 e. The van der Waals surface area contributed by atoms with Gasteiger partial charge in [-0.25, -0.2) is 0 Å². The van der Waals surface area contributed by atoms with Gasteiger partial charge in [0.05, 0.1) is 19.6 Å². The van der Waals surface area contributed by atoms with Crippen LogP contribution in [0.15, 0.2) is 24.3 Å². The molecule has 2 heterocycles. The fourth-order valence-electron chi connectivity index (χ4n) is 3.36. The molecule has 124 valence electrons. The maximum Gasteiger partial charge on any atom is 0.228 e. The summed E-state index contributed by atoms with van der Waals surface area (Å²) in [6, 6.07) is 7.54. The lowest BCUT2D eigenvalue weighted by molar-refractivity contribution is -0.115. The van der Waals surface area contributed by atoms with Crippen LogP contribution in [0.5, 0.6) is 11.5 Å². The zero-order valence-electron chi connectivity index (χ0n) is 13.4. The molecule has 0 fully saturated rings. The van der Waals surface area contributed by atoms with Crippen molar-refractivity contribution in [3.63, 3.8) is 0 Å². The molecule has 2 aliphatic rings. The molecule has 2 aromatic carbocycles. The minimum absolute atomic E-state index is 0.0710. The van der Waals surface area contributed by atoms with Crippen molar-refractivity contribution in [2.75, 3.05) is 18.5 Å². The fraction of sp³-hybridized carbons (Fsp3) is 0.316. The van der Waals surface area contributed by atoms with Crippen LogP contribution in [-0.2, 0) is 24.1 Å². The van der Waals surface area contributed by atoms with E-state index in [1.54, 1.807) is 6.07 Å². The monoisotopic (exact) mass is 343 g/mol. The molecule has 24 heavy (non-hydrogen) atoms. The van der Waals surface area contributed by atoms with E-state index in [1.165, 1.54) is 0 Å². The molecule has 0 unspecified atom stereocenters. The van der Waals surface area contributed by atoms with E-state index >= 15 is 0 Å². The Labute approximate surface area is 145 Å². The predicted molar refractivity (Wildman–Crippen MR) is 93.4 cm³/mol. The molecular formula is C19H18ClNO3. The molecule has 5 heteroatoms. The average molecular weight is 344 g/mol. The van der Waals surface area contributed by atoms with Crippen molar-refractivity contribution < 1.29 is 14.3 Å². The Bertz CT molecular complexity index is 800. The lowest BCUT2D eigenvalue weighted by Crippen LogP contribution is -2.16. The van der Waals surface area contributed by atoms with E-state index in [0.717, 1.165) is 52.3 Å². The van der Waals surface area contributed by atoms with Crippen molar-refractivity contribution in [1.82, 2.24) is 0 Å². The lowest BCUT2D eigenvalue weighted by Gasteiger charge is -2.14. The first-order chi connectivity index (χ1) is 11.6. The van der Waals surface area contributed by atoms with Crippen LogP contribution in [0.1, 0.15) is 22.3 Å². The first kappa shape index (κ1) is 15.3. The Morgan fingerprint density at radius 2 is 2.04 bits per heavy atom. The lowest BCUT2D eigenvalue weighted by atomic mass is 9.97. The Balaban J connectivity index is 1.62. The highest BCUT2D eigenvalue weighted by Gasteiger charge is 2.27. The van der Waals surface area contributed by atoms with E-state index in [9.17, 15) is 4.79 Å². The summed E-state index contributed by atoms with van der Waals surface area (Å²) in [4.78, 5) is 12.6. The number of rotatable bonds is 3. The molecule has 4 rings (SSSR count). The maximum absolute atomic E-state index is 12.6. The summed E-state index contributed by atoms with van der Waals surface area (Å²) in [5.74, 6) is 1.71. The molecule has 0 saturated heterocycles. The highest BCUT2D eigenvalue weighted by molar-refractivity contribution is 6.31. The second-order valence-electron chi connectivity index (χ2n) is 6.20. The Kier molecular flexibility index (Phi) is 3.85. The number of anilines is 1. The summed E-state index contributed by atoms with van der Waals surface area (Å²) in [6.45, 7) is 3.28. The largest absolute Gasteiger partial charge is 0.493 e. The van der Waals surface area contributed by atoms with E-state index < -0.39 is 0 Å². The summed E-state index contributed by atoms with van der Waals surface area (Å²) in [5.41, 5.74) is 4.94. The van der Waals surface area contributed by atoms with Gasteiger partial charge < -0.3 is 14.8 Å². The molecule has 4 nitrogen and oxygen atoms in total. The topological polar surface area (TPSA) is 47.6 Å². The number of hydrogen-bond acceptors (Lipinski definition) is 3. The molecule has 0 spiro atoms. The Hall–Kier alpha value is -2.20. The van der Waals surface area contributed by atoms with Gasteiger partial charge in [0.1, 0.15) is 11.5 Å². The van der Waals surface area contributed by atoms with E-state index in [2.05, 4.69) is 11.4 Å². The van der Waals surface area contributed by atoms with Crippen molar-refractivity contribution in [1.29, 1.82) is 0 Å². The third kappa shape index (κ3) is 2.71. The molecule has 2 aromatic rings. The number of carbonyl (C=O) groups is 1. The number of hydrogen-bond donors (Lipinski definition) is 1. The summed E-state index contributed by atoms with van der Waals surface area (Å²) >= 11 is 6.03. The van der Waals surface area contributed by atoms with Gasteiger partial charge in [0, 0.05) is 40.2 Å². The minimum atomic E-state index is -0.0710. The second kappa shape index (κ2) is 6.02. The second-order valence-corrected chi connectivity index (χ2v) is 6.64. The van der Waals surface area contributed by atoms with E-state index in [4.69, 9.17) is 21.1 Å². The maximum atomic E-state index is 12.6. The van der Waals surface area contributed by atoms with Gasteiger partial charge in [-0.3, -0.25) is 4.79 Å². The number of ether oxygens (including phenoxy) is 2. The summed E-state index contributed by atoms with van der Waals surface area (Å²) < 4.78 is 11.5. The van der Waals surface area contributed by atoms with E-state index in [0.29, 0.717) is 18.2 Å². The Morgan fingerprint density at radius 1 is 1.21 bits per heavy atom. The molecule has 1 amide bonds. The van der Waals surface area contributed by atoms with E-state index in [1.807, 2.05) is 19.1 Å². The van der Waals surface area contributed by atoms with Crippen molar-refractivity contribution in [2.24, 2.45) is 0 Å². The number of carbonyl (C=O) groups excluding carboxylic acids is 1. The summed E-state index contributed by atoms with van der Waals surface area (Å²) in [6.07, 6.45) is 1.97. The predicted octanol–water partition coefficient (Wildman–Crippen LogP) is 3.70. The molecule has 0 aromatic heterocycles. The van der Waals surface area contributed by atoms with Gasteiger partial charge in [-0.15, -0.1) is 0 Å². The van der Waals surface area contributed by atoms with Gasteiger partial charge in [-0.1, -0.05) is 17.7 Å². The average Bonchev–Trinajstić information content (AvgIpc) is 3.19. The number of nitrogens with one attached hydrogen (secondary N) is 1. The quantitative estimate of drug-likeness (QED) is 0.924. The third-order valence-corrected chi connectivity index (χ3v) is 4.81. The third-order valence-electron chi connectivity index (χ3n) is 4.57. The molecule has 2 aliphatic heterocycles. The van der Waals surface area contributed by atoms with Crippen LogP contribution in [0.3, 0.4) is 0 Å². The highest BCUT2D eigenvalue weighted by atomic mass is 35.5. The van der Waals surface area contributed by atoms with E-state index in [-0.39, 0.29) is 12.3 Å². The molecule has 0 aliphatic carbocycles. The fourth-order valence-corrected chi connectivity index (χ4v) is 3.53. The molecule has 1 N–H and O–H groups in total. The van der Waals surface area contributed by atoms with Crippen molar-refractivity contribution in [3.8, 4) is 11.5 Å². The van der Waals surface area contributed by atoms with Crippen LogP contribution >= 0.6 is 11.6 Å². The zero-order chi connectivity index (χ0) is 16.7. The summed E-state index contributed by atoms with van der Waals surface area (Å²) in [5, 5.41) is 3.57. The molecule has 0 saturated carbocycles. The van der Waals surface area contributed by atoms with Gasteiger partial charge in [-0.2, -0.15) is 0 Å². The summed E-state index contributed by atoms with van der Waals surface area (Å²) in [7, 11) is 0. The van der Waals surface area contributed by atoms with Crippen LogP contribution in [0.25, 0.3) is 0 Å². The standard InChI is InChI=1S/C19H18ClNO3/c1-11-2-3-13(20)9-16(11)21-18(22)10-15-14-5-7-23-17(14)8-12-4-6-24-19(12)15/h2-3,8-9H,4-7,10H2,1H3,(H,21,22). The van der Waals surface area contributed by atoms with Crippen molar-refractivity contribution in [2.45, 2.75) is 26.2 Å². The van der Waals surface area contributed by atoms with Gasteiger partial charge in [0.15, 0.2) is 0 Å². The van der Waals surface area contributed by atoms with Gasteiger partial charge in [0.25, 0.3) is 0 Å². The molecule has 0 bridgehead atoms. The van der Waals surface area contributed by atoms with Crippen LogP contribution in [0, 0.1) is 6.92 Å². The number of halogens is 1. The number of amides is 1. The number of benzene rings is 2. The molecule has 0 atom stereocenters. The van der Waals surface area contributed by atoms with Gasteiger partial charge in [-0.05, 0) is 30.7 Å². The van der Waals surface area contributed by atoms with Crippen LogP contribution < -0.4 is 14.8 Å². The normalized spacial score (nSPS) is 14.6. The highest BCUT2D eigenvalue weighted by Crippen LogP contribution is 2.40. The number of fused-ring (bicyclic) bond motifs is 2.